The van der Waals surface area contributed by atoms with Gasteiger partial charge in [0.1, 0.15) is 0 Å². The highest BCUT2D eigenvalue weighted by atomic mass is 16.5. The van der Waals surface area contributed by atoms with E-state index in [2.05, 4.69) is 21.8 Å². The zero-order chi connectivity index (χ0) is 16.0. The van der Waals surface area contributed by atoms with Gasteiger partial charge < -0.3 is 0 Å². The fourth-order valence-electron chi connectivity index (χ4n) is 4.79. The number of likely N-dealkylation sites (N-methyl/N-ethyl adjacent to an activating group) is 1. The van der Waals surface area contributed by atoms with Crippen LogP contribution >= 0.6 is 0 Å². The third-order valence-corrected chi connectivity index (χ3v) is 6.22. The smallest absolute Gasteiger partial charge is 0.276 e. The lowest BCUT2D eigenvalue weighted by molar-refractivity contribution is -0.0465. The van der Waals surface area contributed by atoms with Crippen LogP contribution in [0.3, 0.4) is 0 Å². The summed E-state index contributed by atoms with van der Waals surface area (Å²) in [5, 5.41) is 8.75. The molecule has 0 aromatic carbocycles. The van der Waals surface area contributed by atoms with Crippen LogP contribution in [0, 0.1) is 0 Å². The number of aromatic nitrogens is 1. The highest BCUT2D eigenvalue weighted by Crippen LogP contribution is 2.48. The molecule has 1 aliphatic carbocycles. The minimum absolute atomic E-state index is 0.397. The molecule has 3 aliphatic rings. The molecule has 0 radical (unpaired) electrons. The van der Waals surface area contributed by atoms with E-state index in [1.807, 2.05) is 6.07 Å². The number of hydrogen-bond acceptors (Lipinski definition) is 5. The molecule has 3 heterocycles. The van der Waals surface area contributed by atoms with Gasteiger partial charge in [-0.25, -0.2) is 5.48 Å². The van der Waals surface area contributed by atoms with Gasteiger partial charge in [0.2, 0.25) is 0 Å². The molecule has 6 nitrogen and oxygen atoms in total. The second-order valence-corrected chi connectivity index (χ2v) is 7.17. The molecule has 1 amide bonds. The van der Waals surface area contributed by atoms with Gasteiger partial charge in [-0.2, -0.15) is 0 Å². The molecule has 1 spiro atoms. The molecule has 0 unspecified atom stereocenters. The standard InChI is InChI=1S/C17H24N4O2/c1-20-7-2-5-17(20)6-3-15(17)21-8-4-12-9-13(16(22)19-23)10-18-14(12)11-21/h9-10,15,23H,2-8,11H2,1H3,(H,19,22)/t15-,17-/m0/s1. The lowest BCUT2D eigenvalue weighted by Gasteiger charge is -2.56. The van der Waals surface area contributed by atoms with Crippen LogP contribution in [0.2, 0.25) is 0 Å². The van der Waals surface area contributed by atoms with Crippen molar-refractivity contribution in [3.63, 3.8) is 0 Å². The van der Waals surface area contributed by atoms with E-state index in [4.69, 9.17) is 5.21 Å². The number of likely N-dealkylation sites (tertiary alicyclic amines) is 1. The number of hydroxylamine groups is 1. The Morgan fingerprint density at radius 2 is 2.30 bits per heavy atom. The molecule has 2 aliphatic heterocycles. The van der Waals surface area contributed by atoms with Crippen molar-refractivity contribution in [1.82, 2.24) is 20.3 Å². The maximum Gasteiger partial charge on any atom is 0.276 e. The fourth-order valence-corrected chi connectivity index (χ4v) is 4.79. The largest absolute Gasteiger partial charge is 0.299 e. The molecule has 1 saturated carbocycles. The summed E-state index contributed by atoms with van der Waals surface area (Å²) in [6.45, 7) is 3.12. The Bertz CT molecular complexity index is 635. The zero-order valence-corrected chi connectivity index (χ0v) is 13.6. The Hall–Kier alpha value is -1.50. The Morgan fingerprint density at radius 1 is 1.43 bits per heavy atom. The number of carbonyl (C=O) groups excluding carboxylic acids is 1. The minimum Gasteiger partial charge on any atom is -0.299 e. The number of rotatable bonds is 2. The first kappa shape index (κ1) is 15.1. The molecule has 23 heavy (non-hydrogen) atoms. The van der Waals surface area contributed by atoms with Crippen molar-refractivity contribution in [2.45, 2.75) is 50.2 Å². The maximum atomic E-state index is 11.5. The van der Waals surface area contributed by atoms with Crippen LogP contribution in [0.4, 0.5) is 0 Å². The van der Waals surface area contributed by atoms with Gasteiger partial charge in [0.05, 0.1) is 11.3 Å². The van der Waals surface area contributed by atoms with Crippen LogP contribution in [0.15, 0.2) is 12.3 Å². The third-order valence-electron chi connectivity index (χ3n) is 6.22. The minimum atomic E-state index is -0.492. The Balaban J connectivity index is 1.52. The number of hydrogen-bond donors (Lipinski definition) is 2. The average Bonchev–Trinajstić information content (AvgIpc) is 2.96. The van der Waals surface area contributed by atoms with Crippen LogP contribution < -0.4 is 5.48 Å². The molecule has 2 atom stereocenters. The molecule has 4 rings (SSSR count). The highest BCUT2D eigenvalue weighted by molar-refractivity contribution is 5.93. The quantitative estimate of drug-likeness (QED) is 0.633. The molecule has 2 fully saturated rings. The molecule has 1 aromatic heterocycles. The van der Waals surface area contributed by atoms with Crippen molar-refractivity contribution in [1.29, 1.82) is 0 Å². The normalized spacial score (nSPS) is 31.0. The predicted octanol–water partition coefficient (Wildman–Crippen LogP) is 1.19. The van der Waals surface area contributed by atoms with Gasteiger partial charge in [0.25, 0.3) is 5.91 Å². The van der Waals surface area contributed by atoms with Crippen LogP contribution in [0.25, 0.3) is 0 Å². The van der Waals surface area contributed by atoms with Gasteiger partial charge >= 0.3 is 0 Å². The first-order valence-corrected chi connectivity index (χ1v) is 8.51. The maximum absolute atomic E-state index is 11.5. The average molecular weight is 316 g/mol. The van der Waals surface area contributed by atoms with E-state index < -0.39 is 5.91 Å². The summed E-state index contributed by atoms with van der Waals surface area (Å²) >= 11 is 0. The number of nitrogens with one attached hydrogen (secondary N) is 1. The SMILES string of the molecule is CN1CCC[C@@]12CC[C@@H]2N1CCc2cc(C(=O)NO)cnc2C1. The van der Waals surface area contributed by atoms with E-state index in [9.17, 15) is 4.79 Å². The molecule has 2 N–H and O–H groups in total. The van der Waals surface area contributed by atoms with E-state index in [1.54, 1.807) is 11.7 Å². The Labute approximate surface area is 136 Å². The Morgan fingerprint density at radius 3 is 2.96 bits per heavy atom. The number of amides is 1. The van der Waals surface area contributed by atoms with Crippen LogP contribution in [-0.2, 0) is 13.0 Å². The molecule has 0 bridgehead atoms. The summed E-state index contributed by atoms with van der Waals surface area (Å²) in [6.07, 6.45) is 7.72. The second kappa shape index (κ2) is 5.54. The van der Waals surface area contributed by atoms with Crippen molar-refractivity contribution in [2.24, 2.45) is 0 Å². The van der Waals surface area contributed by atoms with E-state index >= 15 is 0 Å². The summed E-state index contributed by atoms with van der Waals surface area (Å²) in [6, 6.07) is 2.51. The van der Waals surface area contributed by atoms with Gasteiger partial charge in [-0.15, -0.1) is 0 Å². The van der Waals surface area contributed by atoms with Gasteiger partial charge in [-0.05, 0) is 57.3 Å². The van der Waals surface area contributed by atoms with Crippen molar-refractivity contribution in [3.05, 3.63) is 29.1 Å². The number of fused-ring (bicyclic) bond motifs is 1. The lowest BCUT2D eigenvalue weighted by atomic mass is 9.68. The number of nitrogens with zero attached hydrogens (tertiary/aromatic N) is 3. The van der Waals surface area contributed by atoms with E-state index in [0.29, 0.717) is 17.1 Å². The van der Waals surface area contributed by atoms with Crippen LogP contribution in [-0.4, -0.2) is 57.6 Å². The van der Waals surface area contributed by atoms with Crippen molar-refractivity contribution < 1.29 is 10.0 Å². The molecule has 1 aromatic rings. The highest BCUT2D eigenvalue weighted by Gasteiger charge is 2.54. The Kier molecular flexibility index (Phi) is 3.63. The fraction of sp³-hybridized carbons (Fsp3) is 0.647. The topological polar surface area (TPSA) is 68.7 Å². The van der Waals surface area contributed by atoms with Crippen molar-refractivity contribution >= 4 is 5.91 Å². The molecule has 1 saturated heterocycles. The first-order chi connectivity index (χ1) is 11.1. The van der Waals surface area contributed by atoms with Crippen molar-refractivity contribution in [3.8, 4) is 0 Å². The lowest BCUT2D eigenvalue weighted by Crippen LogP contribution is -2.65. The summed E-state index contributed by atoms with van der Waals surface area (Å²) in [4.78, 5) is 21.2. The summed E-state index contributed by atoms with van der Waals surface area (Å²) in [5.74, 6) is -0.492. The second-order valence-electron chi connectivity index (χ2n) is 7.17. The van der Waals surface area contributed by atoms with E-state index in [0.717, 1.165) is 30.8 Å². The van der Waals surface area contributed by atoms with Gasteiger partial charge in [0, 0.05) is 30.9 Å². The van der Waals surface area contributed by atoms with Gasteiger partial charge in [0.15, 0.2) is 0 Å². The molecule has 6 heteroatoms. The van der Waals surface area contributed by atoms with Gasteiger partial charge in [-0.1, -0.05) is 0 Å². The monoisotopic (exact) mass is 316 g/mol. The number of pyridine rings is 1. The van der Waals surface area contributed by atoms with E-state index in [-0.39, 0.29) is 0 Å². The summed E-state index contributed by atoms with van der Waals surface area (Å²) < 4.78 is 0. The van der Waals surface area contributed by atoms with Crippen molar-refractivity contribution in [2.75, 3.05) is 20.1 Å². The van der Waals surface area contributed by atoms with Crippen LogP contribution in [0.5, 0.6) is 0 Å². The molecular formula is C17H24N4O2. The third kappa shape index (κ3) is 2.28. The first-order valence-electron chi connectivity index (χ1n) is 8.51. The predicted molar refractivity (Wildman–Crippen MR) is 85.2 cm³/mol. The molecular weight excluding hydrogens is 292 g/mol. The molecule has 124 valence electrons. The van der Waals surface area contributed by atoms with Gasteiger partial charge in [-0.3, -0.25) is 24.8 Å². The summed E-state index contributed by atoms with van der Waals surface area (Å²) in [5.41, 5.74) is 4.71. The summed E-state index contributed by atoms with van der Waals surface area (Å²) in [7, 11) is 2.27. The van der Waals surface area contributed by atoms with Crippen LogP contribution in [0.1, 0.15) is 47.3 Å². The number of carbonyl (C=O) groups is 1. The van der Waals surface area contributed by atoms with E-state index in [1.165, 1.54) is 32.2 Å². The zero-order valence-electron chi connectivity index (χ0n) is 13.6.